The Morgan fingerprint density at radius 1 is 1.29 bits per heavy atom. The molecule has 0 aliphatic carbocycles. The molecule has 0 saturated carbocycles. The van der Waals surface area contributed by atoms with Crippen LogP contribution in [0.25, 0.3) is 11.3 Å². The minimum atomic E-state index is -3.53. The van der Waals surface area contributed by atoms with Crippen molar-refractivity contribution in [1.29, 1.82) is 0 Å². The summed E-state index contributed by atoms with van der Waals surface area (Å²) >= 11 is 0. The lowest BCUT2D eigenvalue weighted by Gasteiger charge is -1.97. The van der Waals surface area contributed by atoms with E-state index in [4.69, 9.17) is 5.14 Å². The van der Waals surface area contributed by atoms with Crippen LogP contribution < -0.4 is 5.14 Å². The zero-order valence-electron chi connectivity index (χ0n) is 9.37. The third-order valence-corrected chi connectivity index (χ3v) is 3.09. The summed E-state index contributed by atoms with van der Waals surface area (Å²) in [5, 5.41) is 9.28. The smallest absolute Gasteiger partial charge is 0.214 e. The van der Waals surface area contributed by atoms with Gasteiger partial charge in [0.25, 0.3) is 0 Å². The second-order valence-corrected chi connectivity index (χ2v) is 5.43. The molecule has 90 valence electrons. The fourth-order valence-electron chi connectivity index (χ4n) is 1.60. The van der Waals surface area contributed by atoms with E-state index in [9.17, 15) is 8.42 Å². The zero-order chi connectivity index (χ0) is 12.5. The van der Waals surface area contributed by atoms with E-state index in [1.54, 1.807) is 13.1 Å². The number of nitrogens with zero attached hydrogens (tertiary/aromatic N) is 2. The molecule has 2 N–H and O–H groups in total. The molecule has 0 bridgehead atoms. The first-order valence-corrected chi connectivity index (χ1v) is 6.76. The molecule has 2 rings (SSSR count). The number of rotatable bonds is 3. The van der Waals surface area contributed by atoms with E-state index in [0.29, 0.717) is 5.69 Å². The van der Waals surface area contributed by atoms with Gasteiger partial charge in [0.1, 0.15) is 5.75 Å². The number of sulfonamides is 1. The van der Waals surface area contributed by atoms with Gasteiger partial charge in [-0.25, -0.2) is 13.6 Å². The summed E-state index contributed by atoms with van der Waals surface area (Å²) in [6.45, 7) is 0. The number of benzene rings is 1. The Morgan fingerprint density at radius 2 is 1.94 bits per heavy atom. The molecule has 17 heavy (non-hydrogen) atoms. The largest absolute Gasteiger partial charge is 0.271 e. The Morgan fingerprint density at radius 3 is 2.53 bits per heavy atom. The van der Waals surface area contributed by atoms with Crippen molar-refractivity contribution in [2.75, 3.05) is 0 Å². The Bertz CT molecular complexity index is 617. The number of primary sulfonamides is 1. The van der Waals surface area contributed by atoms with Gasteiger partial charge in [0, 0.05) is 12.6 Å². The summed E-state index contributed by atoms with van der Waals surface area (Å²) in [7, 11) is -1.83. The minimum Gasteiger partial charge on any atom is -0.271 e. The highest BCUT2D eigenvalue weighted by Crippen LogP contribution is 2.18. The van der Waals surface area contributed by atoms with Crippen LogP contribution in [-0.2, 0) is 22.8 Å². The van der Waals surface area contributed by atoms with Crippen molar-refractivity contribution in [3.63, 3.8) is 0 Å². The fourth-order valence-corrected chi connectivity index (χ4v) is 2.28. The Hall–Kier alpha value is -1.66. The van der Waals surface area contributed by atoms with Crippen LogP contribution in [0.2, 0.25) is 0 Å². The average molecular weight is 251 g/mol. The Kier molecular flexibility index (Phi) is 2.99. The molecule has 0 spiro atoms. The maximum atomic E-state index is 11.0. The van der Waals surface area contributed by atoms with Gasteiger partial charge in [-0.3, -0.25) is 4.68 Å². The highest BCUT2D eigenvalue weighted by molar-refractivity contribution is 7.88. The summed E-state index contributed by atoms with van der Waals surface area (Å²) in [6, 6.07) is 11.3. The number of hydrogen-bond acceptors (Lipinski definition) is 3. The predicted octanol–water partition coefficient (Wildman–Crippen LogP) is 0.876. The molecule has 1 aromatic heterocycles. The van der Waals surface area contributed by atoms with Crippen molar-refractivity contribution in [2.45, 2.75) is 5.75 Å². The highest BCUT2D eigenvalue weighted by Gasteiger charge is 2.12. The SMILES string of the molecule is Cn1nc(-c2ccccc2)cc1CS(N)(=O)=O. The van der Waals surface area contributed by atoms with E-state index in [1.165, 1.54) is 4.68 Å². The topological polar surface area (TPSA) is 78.0 Å². The molecule has 2 aromatic rings. The molecule has 0 atom stereocenters. The van der Waals surface area contributed by atoms with Crippen LogP contribution in [0.5, 0.6) is 0 Å². The second kappa shape index (κ2) is 4.31. The van der Waals surface area contributed by atoms with Gasteiger partial charge in [0.2, 0.25) is 10.0 Å². The molecule has 0 fully saturated rings. The third kappa shape index (κ3) is 2.92. The lowest BCUT2D eigenvalue weighted by atomic mass is 10.1. The number of nitrogens with two attached hydrogens (primary N) is 1. The van der Waals surface area contributed by atoms with Crippen molar-refractivity contribution in [2.24, 2.45) is 12.2 Å². The fraction of sp³-hybridized carbons (Fsp3) is 0.182. The van der Waals surface area contributed by atoms with E-state index >= 15 is 0 Å². The molecule has 0 aliphatic heterocycles. The first kappa shape index (κ1) is 11.8. The van der Waals surface area contributed by atoms with Crippen LogP contribution in [0.3, 0.4) is 0 Å². The van der Waals surface area contributed by atoms with E-state index in [1.807, 2.05) is 30.3 Å². The lowest BCUT2D eigenvalue weighted by molar-refractivity contribution is 0.593. The van der Waals surface area contributed by atoms with Crippen molar-refractivity contribution >= 4 is 10.0 Å². The monoisotopic (exact) mass is 251 g/mol. The van der Waals surface area contributed by atoms with Crippen LogP contribution in [0.4, 0.5) is 0 Å². The molecule has 1 heterocycles. The number of aryl methyl sites for hydroxylation is 1. The average Bonchev–Trinajstić information content (AvgIpc) is 2.59. The molecule has 0 aliphatic rings. The van der Waals surface area contributed by atoms with E-state index < -0.39 is 10.0 Å². The van der Waals surface area contributed by atoms with Gasteiger partial charge in [-0.05, 0) is 6.07 Å². The normalized spacial score (nSPS) is 11.6. The number of aromatic nitrogens is 2. The standard InChI is InChI=1S/C11H13N3O2S/c1-14-10(8-17(12,15)16)7-11(13-14)9-5-3-2-4-6-9/h2-7H,8H2,1H3,(H2,12,15,16). The summed E-state index contributed by atoms with van der Waals surface area (Å²) in [5.41, 5.74) is 2.27. The minimum absolute atomic E-state index is 0.205. The molecular formula is C11H13N3O2S. The van der Waals surface area contributed by atoms with Gasteiger partial charge < -0.3 is 0 Å². The van der Waals surface area contributed by atoms with Gasteiger partial charge in [-0.15, -0.1) is 0 Å². The van der Waals surface area contributed by atoms with Crippen LogP contribution in [0.15, 0.2) is 36.4 Å². The first-order chi connectivity index (χ1) is 7.96. The van der Waals surface area contributed by atoms with E-state index in [0.717, 1.165) is 11.3 Å². The van der Waals surface area contributed by atoms with Gasteiger partial charge >= 0.3 is 0 Å². The molecule has 0 amide bonds. The summed E-state index contributed by atoms with van der Waals surface area (Å²) in [5.74, 6) is -0.205. The van der Waals surface area contributed by atoms with Gasteiger partial charge in [-0.1, -0.05) is 30.3 Å². The number of hydrogen-bond donors (Lipinski definition) is 1. The maximum absolute atomic E-state index is 11.0. The molecule has 5 nitrogen and oxygen atoms in total. The van der Waals surface area contributed by atoms with Crippen LogP contribution in [0.1, 0.15) is 5.69 Å². The van der Waals surface area contributed by atoms with E-state index in [2.05, 4.69) is 5.10 Å². The maximum Gasteiger partial charge on any atom is 0.214 e. The van der Waals surface area contributed by atoms with Gasteiger partial charge in [0.15, 0.2) is 0 Å². The molecule has 0 radical (unpaired) electrons. The van der Waals surface area contributed by atoms with Crippen LogP contribution in [-0.4, -0.2) is 18.2 Å². The predicted molar refractivity (Wildman–Crippen MR) is 65.5 cm³/mol. The van der Waals surface area contributed by atoms with Gasteiger partial charge in [-0.2, -0.15) is 5.10 Å². The summed E-state index contributed by atoms with van der Waals surface area (Å²) in [6.07, 6.45) is 0. The van der Waals surface area contributed by atoms with Gasteiger partial charge in [0.05, 0.1) is 11.4 Å². The quantitative estimate of drug-likeness (QED) is 0.879. The Labute approximate surface area is 99.9 Å². The van der Waals surface area contributed by atoms with Crippen LogP contribution >= 0.6 is 0 Å². The van der Waals surface area contributed by atoms with Crippen molar-refractivity contribution < 1.29 is 8.42 Å². The van der Waals surface area contributed by atoms with Crippen molar-refractivity contribution in [3.8, 4) is 11.3 Å². The van der Waals surface area contributed by atoms with Crippen molar-refractivity contribution in [1.82, 2.24) is 9.78 Å². The van der Waals surface area contributed by atoms with Crippen molar-refractivity contribution in [3.05, 3.63) is 42.1 Å². The zero-order valence-corrected chi connectivity index (χ0v) is 10.2. The molecular weight excluding hydrogens is 238 g/mol. The lowest BCUT2D eigenvalue weighted by Crippen LogP contribution is -2.16. The summed E-state index contributed by atoms with van der Waals surface area (Å²) < 4.78 is 23.6. The molecule has 6 heteroatoms. The Balaban J connectivity index is 2.38. The molecule has 0 unspecified atom stereocenters. The molecule has 1 aromatic carbocycles. The highest BCUT2D eigenvalue weighted by atomic mass is 32.2. The van der Waals surface area contributed by atoms with Crippen LogP contribution in [0, 0.1) is 0 Å². The summed E-state index contributed by atoms with van der Waals surface area (Å²) in [4.78, 5) is 0. The third-order valence-electron chi connectivity index (χ3n) is 2.40. The molecule has 0 saturated heterocycles. The van der Waals surface area contributed by atoms with E-state index in [-0.39, 0.29) is 5.75 Å². The first-order valence-electron chi connectivity index (χ1n) is 5.04. The second-order valence-electron chi connectivity index (χ2n) is 3.82.